The van der Waals surface area contributed by atoms with Crippen molar-refractivity contribution in [3.63, 3.8) is 0 Å². The summed E-state index contributed by atoms with van der Waals surface area (Å²) < 4.78 is 5.75. The molecule has 2 unspecified atom stereocenters. The molecule has 2 aliphatic heterocycles. The third kappa shape index (κ3) is 3.19. The second kappa shape index (κ2) is 6.66. The lowest BCUT2D eigenvalue weighted by atomic mass is 10.0. The van der Waals surface area contributed by atoms with Crippen molar-refractivity contribution >= 4 is 0 Å². The average molecular weight is 275 g/mol. The molecule has 0 aliphatic carbocycles. The Morgan fingerprint density at radius 1 is 1.25 bits per heavy atom. The van der Waals surface area contributed by atoms with Crippen LogP contribution >= 0.6 is 0 Å². The van der Waals surface area contributed by atoms with Crippen LogP contribution < -0.4 is 0 Å². The van der Waals surface area contributed by atoms with Gasteiger partial charge in [-0.25, -0.2) is 0 Å². The van der Waals surface area contributed by atoms with Crippen LogP contribution in [0.3, 0.4) is 0 Å². The number of likely N-dealkylation sites (tertiary alicyclic amines) is 1. The fourth-order valence-corrected chi connectivity index (χ4v) is 3.53. The monoisotopic (exact) mass is 275 g/mol. The number of hydrogen-bond donors (Lipinski definition) is 0. The summed E-state index contributed by atoms with van der Waals surface area (Å²) in [6.07, 6.45) is 7.52. The molecule has 4 heteroatoms. The molecule has 0 spiro atoms. The van der Waals surface area contributed by atoms with Crippen molar-refractivity contribution in [2.24, 2.45) is 0 Å². The first-order chi connectivity index (χ1) is 9.84. The van der Waals surface area contributed by atoms with Crippen molar-refractivity contribution < 1.29 is 4.74 Å². The molecule has 2 aliphatic rings. The van der Waals surface area contributed by atoms with Crippen LogP contribution in [0.5, 0.6) is 0 Å². The Balaban J connectivity index is 1.60. The quantitative estimate of drug-likeness (QED) is 0.831. The average Bonchev–Trinajstić information content (AvgIpc) is 2.92. The molecule has 110 valence electrons. The van der Waals surface area contributed by atoms with Gasteiger partial charge < -0.3 is 9.64 Å². The highest BCUT2D eigenvalue weighted by atomic mass is 16.5. The highest BCUT2D eigenvalue weighted by Crippen LogP contribution is 2.24. The SMILES string of the molecule is CN1CCCC1C1COCCN1CCc1ccncc1. The molecule has 0 saturated carbocycles. The van der Waals surface area contributed by atoms with E-state index < -0.39 is 0 Å². The minimum absolute atomic E-state index is 0.568. The second-order valence-corrected chi connectivity index (χ2v) is 5.97. The zero-order valence-corrected chi connectivity index (χ0v) is 12.4. The zero-order valence-electron chi connectivity index (χ0n) is 12.4. The number of pyridine rings is 1. The fraction of sp³-hybridized carbons (Fsp3) is 0.688. The van der Waals surface area contributed by atoms with Crippen molar-refractivity contribution in [1.29, 1.82) is 0 Å². The van der Waals surface area contributed by atoms with Gasteiger partial charge in [-0.05, 0) is 50.6 Å². The van der Waals surface area contributed by atoms with Gasteiger partial charge >= 0.3 is 0 Å². The lowest BCUT2D eigenvalue weighted by Crippen LogP contribution is -2.55. The molecule has 2 saturated heterocycles. The van der Waals surface area contributed by atoms with Gasteiger partial charge in [0, 0.05) is 37.6 Å². The van der Waals surface area contributed by atoms with Gasteiger partial charge in [0.1, 0.15) is 0 Å². The van der Waals surface area contributed by atoms with Crippen LogP contribution in [0.4, 0.5) is 0 Å². The molecule has 2 atom stereocenters. The predicted molar refractivity (Wildman–Crippen MR) is 79.8 cm³/mol. The van der Waals surface area contributed by atoms with Crippen LogP contribution in [0.25, 0.3) is 0 Å². The third-order valence-electron chi connectivity index (χ3n) is 4.74. The van der Waals surface area contributed by atoms with Crippen LogP contribution in [0.1, 0.15) is 18.4 Å². The minimum atomic E-state index is 0.568. The Hall–Kier alpha value is -0.970. The van der Waals surface area contributed by atoms with Gasteiger partial charge in [0.25, 0.3) is 0 Å². The maximum Gasteiger partial charge on any atom is 0.0637 e. The van der Waals surface area contributed by atoms with E-state index in [0.717, 1.165) is 32.7 Å². The second-order valence-electron chi connectivity index (χ2n) is 5.97. The molecule has 1 aromatic rings. The molecule has 0 N–H and O–H groups in total. The molecule has 1 aromatic heterocycles. The molecule has 4 nitrogen and oxygen atoms in total. The number of likely N-dealkylation sites (N-methyl/N-ethyl adjacent to an activating group) is 1. The van der Waals surface area contributed by atoms with E-state index in [-0.39, 0.29) is 0 Å². The van der Waals surface area contributed by atoms with Crippen LogP contribution in [0.15, 0.2) is 24.5 Å². The summed E-state index contributed by atoms with van der Waals surface area (Å²) >= 11 is 0. The van der Waals surface area contributed by atoms with Crippen molar-refractivity contribution in [1.82, 2.24) is 14.8 Å². The molecule has 0 amide bonds. The fourth-order valence-electron chi connectivity index (χ4n) is 3.53. The first-order valence-corrected chi connectivity index (χ1v) is 7.75. The normalized spacial score (nSPS) is 28.9. The van der Waals surface area contributed by atoms with Gasteiger partial charge in [0.15, 0.2) is 0 Å². The summed E-state index contributed by atoms with van der Waals surface area (Å²) in [5.74, 6) is 0. The number of rotatable bonds is 4. The van der Waals surface area contributed by atoms with Gasteiger partial charge in [-0.15, -0.1) is 0 Å². The highest BCUT2D eigenvalue weighted by Gasteiger charge is 2.34. The summed E-state index contributed by atoms with van der Waals surface area (Å²) in [4.78, 5) is 9.24. The van der Waals surface area contributed by atoms with Crippen molar-refractivity contribution in [3.8, 4) is 0 Å². The van der Waals surface area contributed by atoms with Crippen molar-refractivity contribution in [2.75, 3.05) is 39.9 Å². The molecule has 2 fully saturated rings. The zero-order chi connectivity index (χ0) is 13.8. The minimum Gasteiger partial charge on any atom is -0.378 e. The van der Waals surface area contributed by atoms with Crippen LogP contribution in [0.2, 0.25) is 0 Å². The van der Waals surface area contributed by atoms with E-state index in [1.54, 1.807) is 0 Å². The van der Waals surface area contributed by atoms with E-state index >= 15 is 0 Å². The first-order valence-electron chi connectivity index (χ1n) is 7.75. The van der Waals surface area contributed by atoms with Gasteiger partial charge in [0.2, 0.25) is 0 Å². The lowest BCUT2D eigenvalue weighted by molar-refractivity contribution is -0.0327. The van der Waals surface area contributed by atoms with Gasteiger partial charge in [-0.1, -0.05) is 0 Å². The third-order valence-corrected chi connectivity index (χ3v) is 4.74. The highest BCUT2D eigenvalue weighted by molar-refractivity contribution is 5.10. The molecule has 0 radical (unpaired) electrons. The molecule has 20 heavy (non-hydrogen) atoms. The van der Waals surface area contributed by atoms with E-state index in [4.69, 9.17) is 4.74 Å². The summed E-state index contributed by atoms with van der Waals surface area (Å²) in [5, 5.41) is 0. The number of hydrogen-bond acceptors (Lipinski definition) is 4. The Morgan fingerprint density at radius 3 is 2.85 bits per heavy atom. The standard InChI is InChI=1S/C16H25N3O/c1-18-9-2-3-15(18)16-13-20-12-11-19(16)10-6-14-4-7-17-8-5-14/h4-5,7-8,15-16H,2-3,6,9-13H2,1H3. The van der Waals surface area contributed by atoms with Gasteiger partial charge in [0.05, 0.1) is 13.2 Å². The Morgan fingerprint density at radius 2 is 2.10 bits per heavy atom. The molecular weight excluding hydrogens is 250 g/mol. The summed E-state index contributed by atoms with van der Waals surface area (Å²) in [5.41, 5.74) is 1.38. The van der Waals surface area contributed by atoms with Crippen LogP contribution in [0, 0.1) is 0 Å². The largest absolute Gasteiger partial charge is 0.378 e. The summed E-state index contributed by atoms with van der Waals surface area (Å²) in [6.45, 7) is 5.20. The van der Waals surface area contributed by atoms with E-state index in [9.17, 15) is 0 Å². The first kappa shape index (κ1) is 14.0. The van der Waals surface area contributed by atoms with E-state index in [1.807, 2.05) is 12.4 Å². The van der Waals surface area contributed by atoms with E-state index in [2.05, 4.69) is 34.0 Å². The van der Waals surface area contributed by atoms with Crippen LogP contribution in [-0.2, 0) is 11.2 Å². The smallest absolute Gasteiger partial charge is 0.0637 e. The molecule has 0 bridgehead atoms. The van der Waals surface area contributed by atoms with Gasteiger partial charge in [-0.2, -0.15) is 0 Å². The number of aromatic nitrogens is 1. The maximum absolute atomic E-state index is 5.75. The number of morpholine rings is 1. The molecule has 0 aromatic carbocycles. The Kier molecular flexibility index (Phi) is 4.65. The van der Waals surface area contributed by atoms with Gasteiger partial charge in [-0.3, -0.25) is 9.88 Å². The van der Waals surface area contributed by atoms with E-state index in [0.29, 0.717) is 12.1 Å². The maximum atomic E-state index is 5.75. The molecule has 3 rings (SSSR count). The lowest BCUT2D eigenvalue weighted by Gasteiger charge is -2.41. The van der Waals surface area contributed by atoms with Crippen LogP contribution in [-0.4, -0.2) is 66.8 Å². The van der Waals surface area contributed by atoms with Crippen molar-refractivity contribution in [3.05, 3.63) is 30.1 Å². The Labute approximate surface area is 121 Å². The molecule has 3 heterocycles. The Bertz CT molecular complexity index is 411. The summed E-state index contributed by atoms with van der Waals surface area (Å²) in [7, 11) is 2.26. The summed E-state index contributed by atoms with van der Waals surface area (Å²) in [6, 6.07) is 5.49. The van der Waals surface area contributed by atoms with E-state index in [1.165, 1.54) is 24.9 Å². The number of ether oxygens (including phenoxy) is 1. The topological polar surface area (TPSA) is 28.6 Å². The molecular formula is C16H25N3O. The predicted octanol–water partition coefficient (Wildman–Crippen LogP) is 1.42. The number of nitrogens with zero attached hydrogens (tertiary/aromatic N) is 3. The van der Waals surface area contributed by atoms with Crippen molar-refractivity contribution in [2.45, 2.75) is 31.3 Å².